The van der Waals surface area contributed by atoms with E-state index >= 15 is 0 Å². The van der Waals surface area contributed by atoms with Gasteiger partial charge in [0.25, 0.3) is 0 Å². The minimum atomic E-state index is -3.25. The van der Waals surface area contributed by atoms with Gasteiger partial charge in [0.1, 0.15) is 0 Å². The van der Waals surface area contributed by atoms with Crippen molar-refractivity contribution in [3.8, 4) is 0 Å². The SMILES string of the molecule is COCCS(=O)(=O)NCCC1(C)OCCO1. The summed E-state index contributed by atoms with van der Waals surface area (Å²) in [6, 6.07) is 0. The summed E-state index contributed by atoms with van der Waals surface area (Å²) in [5, 5.41) is 0. The molecule has 1 aliphatic rings. The summed E-state index contributed by atoms with van der Waals surface area (Å²) in [7, 11) is -1.78. The van der Waals surface area contributed by atoms with Crippen molar-refractivity contribution in [2.75, 3.05) is 39.2 Å². The van der Waals surface area contributed by atoms with Crippen molar-refractivity contribution in [1.82, 2.24) is 4.72 Å². The van der Waals surface area contributed by atoms with Crippen LogP contribution in [0.4, 0.5) is 0 Å². The van der Waals surface area contributed by atoms with Crippen LogP contribution in [0.2, 0.25) is 0 Å². The molecule has 0 aromatic rings. The summed E-state index contributed by atoms with van der Waals surface area (Å²) in [5.74, 6) is -0.675. The second kappa shape index (κ2) is 5.92. The van der Waals surface area contributed by atoms with Crippen LogP contribution in [0.3, 0.4) is 0 Å². The first-order valence-electron chi connectivity index (χ1n) is 5.22. The van der Waals surface area contributed by atoms with Crippen molar-refractivity contribution in [1.29, 1.82) is 0 Å². The molecular weight excluding hydrogens is 234 g/mol. The Kier molecular flexibility index (Phi) is 5.13. The molecule has 0 aliphatic carbocycles. The maximum absolute atomic E-state index is 11.4. The van der Waals surface area contributed by atoms with Gasteiger partial charge in [-0.1, -0.05) is 0 Å². The number of nitrogens with one attached hydrogen (secondary N) is 1. The third-order valence-electron chi connectivity index (χ3n) is 2.36. The second-order valence-electron chi connectivity index (χ2n) is 3.79. The highest BCUT2D eigenvalue weighted by Crippen LogP contribution is 2.21. The van der Waals surface area contributed by atoms with Gasteiger partial charge in [-0.25, -0.2) is 13.1 Å². The van der Waals surface area contributed by atoms with Crippen LogP contribution in [-0.2, 0) is 24.2 Å². The molecule has 1 N–H and O–H groups in total. The number of ether oxygens (including phenoxy) is 3. The van der Waals surface area contributed by atoms with Gasteiger partial charge in [-0.2, -0.15) is 0 Å². The highest BCUT2D eigenvalue weighted by molar-refractivity contribution is 7.89. The Balaban J connectivity index is 2.24. The molecule has 6 nitrogen and oxygen atoms in total. The van der Waals surface area contributed by atoms with Gasteiger partial charge in [0.15, 0.2) is 5.79 Å². The van der Waals surface area contributed by atoms with Crippen LogP contribution >= 0.6 is 0 Å². The molecule has 1 rings (SSSR count). The molecule has 0 bridgehead atoms. The van der Waals surface area contributed by atoms with Crippen molar-refractivity contribution in [3.05, 3.63) is 0 Å². The summed E-state index contributed by atoms with van der Waals surface area (Å²) in [6.07, 6.45) is 0.499. The van der Waals surface area contributed by atoms with E-state index in [-0.39, 0.29) is 12.4 Å². The molecule has 1 aliphatic heterocycles. The van der Waals surface area contributed by atoms with Crippen LogP contribution in [0.25, 0.3) is 0 Å². The molecule has 0 saturated carbocycles. The van der Waals surface area contributed by atoms with Crippen LogP contribution in [-0.4, -0.2) is 53.4 Å². The van der Waals surface area contributed by atoms with E-state index in [2.05, 4.69) is 4.72 Å². The maximum atomic E-state index is 11.4. The molecule has 1 heterocycles. The minimum absolute atomic E-state index is 0.0259. The smallest absolute Gasteiger partial charge is 0.213 e. The van der Waals surface area contributed by atoms with Gasteiger partial charge in [0.05, 0.1) is 25.6 Å². The fourth-order valence-corrected chi connectivity index (χ4v) is 2.34. The molecule has 0 radical (unpaired) electrons. The first-order valence-corrected chi connectivity index (χ1v) is 6.87. The maximum Gasteiger partial charge on any atom is 0.213 e. The zero-order valence-electron chi connectivity index (χ0n) is 9.69. The fourth-order valence-electron chi connectivity index (χ4n) is 1.40. The zero-order chi connectivity index (χ0) is 12.1. The lowest BCUT2D eigenvalue weighted by atomic mass is 10.2. The summed E-state index contributed by atoms with van der Waals surface area (Å²) in [5.41, 5.74) is 0. The van der Waals surface area contributed by atoms with Crippen molar-refractivity contribution in [2.45, 2.75) is 19.1 Å². The standard InChI is InChI=1S/C9H19NO5S/c1-9(14-5-6-15-9)3-4-10-16(11,12)8-7-13-2/h10H,3-8H2,1-2H3. The fraction of sp³-hybridized carbons (Fsp3) is 1.00. The summed E-state index contributed by atoms with van der Waals surface area (Å²) in [6.45, 7) is 3.44. The normalized spacial score (nSPS) is 20.1. The second-order valence-corrected chi connectivity index (χ2v) is 5.71. The molecule has 0 aromatic heterocycles. The number of hydrogen-bond acceptors (Lipinski definition) is 5. The van der Waals surface area contributed by atoms with Gasteiger partial charge in [-0.15, -0.1) is 0 Å². The van der Waals surface area contributed by atoms with Gasteiger partial charge < -0.3 is 14.2 Å². The Morgan fingerprint density at radius 1 is 1.38 bits per heavy atom. The molecule has 1 fully saturated rings. The van der Waals surface area contributed by atoms with E-state index in [1.807, 2.05) is 6.92 Å². The zero-order valence-corrected chi connectivity index (χ0v) is 10.5. The van der Waals surface area contributed by atoms with Crippen LogP contribution in [0.5, 0.6) is 0 Å². The Bertz CT molecular complexity index is 297. The predicted octanol–water partition coefficient (Wildman–Crippen LogP) is -0.295. The molecule has 16 heavy (non-hydrogen) atoms. The molecule has 0 atom stereocenters. The quantitative estimate of drug-likeness (QED) is 0.674. The Morgan fingerprint density at radius 2 is 2.00 bits per heavy atom. The van der Waals surface area contributed by atoms with Gasteiger partial charge in [0, 0.05) is 20.1 Å². The van der Waals surface area contributed by atoms with E-state index < -0.39 is 15.8 Å². The monoisotopic (exact) mass is 253 g/mol. The number of methoxy groups -OCH3 is 1. The molecular formula is C9H19NO5S. The van der Waals surface area contributed by atoms with E-state index in [1.165, 1.54) is 7.11 Å². The largest absolute Gasteiger partial charge is 0.384 e. The third kappa shape index (κ3) is 4.75. The summed E-state index contributed by atoms with van der Waals surface area (Å²) < 4.78 is 40.7. The van der Waals surface area contributed by atoms with Crippen LogP contribution < -0.4 is 4.72 Å². The molecule has 0 unspecified atom stereocenters. The summed E-state index contributed by atoms with van der Waals surface area (Å²) >= 11 is 0. The molecule has 0 aromatic carbocycles. The van der Waals surface area contributed by atoms with Gasteiger partial charge in [-0.3, -0.25) is 0 Å². The van der Waals surface area contributed by atoms with Crippen molar-refractivity contribution < 1.29 is 22.6 Å². The van der Waals surface area contributed by atoms with Gasteiger partial charge >= 0.3 is 0 Å². The van der Waals surface area contributed by atoms with Crippen molar-refractivity contribution in [2.24, 2.45) is 0 Å². The van der Waals surface area contributed by atoms with Crippen molar-refractivity contribution in [3.63, 3.8) is 0 Å². The van der Waals surface area contributed by atoms with Crippen LogP contribution in [0, 0.1) is 0 Å². The van der Waals surface area contributed by atoms with Crippen LogP contribution in [0.15, 0.2) is 0 Å². The van der Waals surface area contributed by atoms with E-state index in [0.29, 0.717) is 26.2 Å². The average Bonchev–Trinajstić information content (AvgIpc) is 2.62. The Morgan fingerprint density at radius 3 is 2.56 bits per heavy atom. The Hall–Kier alpha value is -0.210. The molecule has 1 saturated heterocycles. The first-order chi connectivity index (χ1) is 7.47. The van der Waals surface area contributed by atoms with E-state index in [9.17, 15) is 8.42 Å². The number of hydrogen-bond donors (Lipinski definition) is 1. The average molecular weight is 253 g/mol. The molecule has 0 spiro atoms. The number of rotatable bonds is 7. The minimum Gasteiger partial charge on any atom is -0.384 e. The highest BCUT2D eigenvalue weighted by atomic mass is 32.2. The van der Waals surface area contributed by atoms with E-state index in [0.717, 1.165) is 0 Å². The Labute approximate surface area is 96.3 Å². The van der Waals surface area contributed by atoms with Crippen LogP contribution in [0.1, 0.15) is 13.3 Å². The lowest BCUT2D eigenvalue weighted by Gasteiger charge is -2.22. The first kappa shape index (κ1) is 13.9. The number of sulfonamides is 1. The van der Waals surface area contributed by atoms with Gasteiger partial charge in [-0.05, 0) is 6.92 Å². The highest BCUT2D eigenvalue weighted by Gasteiger charge is 2.30. The third-order valence-corrected chi connectivity index (χ3v) is 3.70. The van der Waals surface area contributed by atoms with E-state index in [4.69, 9.17) is 14.2 Å². The predicted molar refractivity (Wildman–Crippen MR) is 58.6 cm³/mol. The van der Waals surface area contributed by atoms with Crippen molar-refractivity contribution >= 4 is 10.0 Å². The lowest BCUT2D eigenvalue weighted by molar-refractivity contribution is -0.145. The molecule has 0 amide bonds. The summed E-state index contributed by atoms with van der Waals surface area (Å²) in [4.78, 5) is 0. The van der Waals surface area contributed by atoms with Gasteiger partial charge in [0.2, 0.25) is 10.0 Å². The molecule has 96 valence electrons. The molecule has 7 heteroatoms. The topological polar surface area (TPSA) is 73.9 Å². The van der Waals surface area contributed by atoms with E-state index in [1.54, 1.807) is 0 Å². The lowest BCUT2D eigenvalue weighted by Crippen LogP contribution is -2.35.